The third-order valence-electron chi connectivity index (χ3n) is 3.66. The van der Waals surface area contributed by atoms with Crippen molar-refractivity contribution in [1.82, 2.24) is 5.32 Å². The molecule has 0 aromatic heterocycles. The molecule has 0 aliphatic carbocycles. The number of nitrogens with zero attached hydrogens (tertiary/aromatic N) is 1. The van der Waals surface area contributed by atoms with Gasteiger partial charge in [0.05, 0.1) is 0 Å². The molecule has 1 aliphatic rings. The number of hydrogen-bond acceptors (Lipinski definition) is 2. The monoisotopic (exact) mass is 232 g/mol. The van der Waals surface area contributed by atoms with Crippen molar-refractivity contribution in [2.24, 2.45) is 5.92 Å². The van der Waals surface area contributed by atoms with Gasteiger partial charge in [-0.3, -0.25) is 0 Å². The molecule has 2 rings (SSSR count). The number of anilines is 1. The van der Waals surface area contributed by atoms with Crippen molar-refractivity contribution in [3.8, 4) is 0 Å². The first-order valence-corrected chi connectivity index (χ1v) is 6.82. The lowest BCUT2D eigenvalue weighted by Gasteiger charge is -2.31. The molecule has 0 bridgehead atoms. The van der Waals surface area contributed by atoms with Gasteiger partial charge in [0.1, 0.15) is 0 Å². The molecule has 1 fully saturated rings. The van der Waals surface area contributed by atoms with E-state index in [1.165, 1.54) is 43.7 Å². The van der Waals surface area contributed by atoms with Crippen LogP contribution in [0.2, 0.25) is 0 Å². The summed E-state index contributed by atoms with van der Waals surface area (Å²) in [5.41, 5.74) is 2.70. The predicted octanol–water partition coefficient (Wildman–Crippen LogP) is 2.82. The molecular formula is C15H24N2. The van der Waals surface area contributed by atoms with Crippen LogP contribution >= 0.6 is 0 Å². The van der Waals surface area contributed by atoms with Crippen molar-refractivity contribution in [1.29, 1.82) is 0 Å². The van der Waals surface area contributed by atoms with Gasteiger partial charge in [-0.1, -0.05) is 17.7 Å². The highest BCUT2D eigenvalue weighted by Gasteiger charge is 2.16. The quantitative estimate of drug-likeness (QED) is 0.858. The molecule has 0 radical (unpaired) electrons. The molecule has 0 amide bonds. The minimum atomic E-state index is 0.810. The third kappa shape index (κ3) is 3.47. The van der Waals surface area contributed by atoms with Crippen molar-refractivity contribution in [3.05, 3.63) is 29.8 Å². The van der Waals surface area contributed by atoms with Crippen LogP contribution in [-0.2, 0) is 0 Å². The van der Waals surface area contributed by atoms with Crippen molar-refractivity contribution >= 4 is 5.69 Å². The molecule has 0 saturated carbocycles. The molecule has 2 heteroatoms. The summed E-state index contributed by atoms with van der Waals surface area (Å²) in [7, 11) is 0. The topological polar surface area (TPSA) is 15.3 Å². The van der Waals surface area contributed by atoms with Crippen LogP contribution in [0.15, 0.2) is 24.3 Å². The maximum atomic E-state index is 3.50. The van der Waals surface area contributed by atoms with E-state index in [1.54, 1.807) is 0 Å². The van der Waals surface area contributed by atoms with E-state index in [0.29, 0.717) is 0 Å². The molecule has 1 aliphatic heterocycles. The molecule has 1 saturated heterocycles. The van der Waals surface area contributed by atoms with Gasteiger partial charge in [-0.2, -0.15) is 0 Å². The summed E-state index contributed by atoms with van der Waals surface area (Å²) in [6, 6.07) is 8.90. The van der Waals surface area contributed by atoms with Crippen LogP contribution in [0.1, 0.15) is 25.3 Å². The standard InChI is InChI=1S/C15H24N2/c1-3-17(12-14-5-4-10-16-11-14)15-8-6-13(2)7-9-15/h6-9,14,16H,3-5,10-12H2,1-2H3. The van der Waals surface area contributed by atoms with E-state index in [4.69, 9.17) is 0 Å². The Hall–Kier alpha value is -1.02. The van der Waals surface area contributed by atoms with E-state index >= 15 is 0 Å². The van der Waals surface area contributed by atoms with Crippen LogP contribution in [0.5, 0.6) is 0 Å². The lowest BCUT2D eigenvalue weighted by atomic mass is 9.99. The number of piperidine rings is 1. The Kier molecular flexibility index (Phi) is 4.43. The number of aryl methyl sites for hydroxylation is 1. The van der Waals surface area contributed by atoms with Crippen LogP contribution in [0.4, 0.5) is 5.69 Å². The maximum Gasteiger partial charge on any atom is 0.0366 e. The highest BCUT2D eigenvalue weighted by molar-refractivity contribution is 5.47. The Balaban J connectivity index is 1.97. The van der Waals surface area contributed by atoms with Crippen molar-refractivity contribution in [2.75, 3.05) is 31.1 Å². The summed E-state index contributed by atoms with van der Waals surface area (Å²) >= 11 is 0. The molecule has 1 N–H and O–H groups in total. The van der Waals surface area contributed by atoms with Gasteiger partial charge in [-0.25, -0.2) is 0 Å². The molecule has 2 nitrogen and oxygen atoms in total. The Morgan fingerprint density at radius 2 is 2.06 bits per heavy atom. The number of benzene rings is 1. The molecule has 17 heavy (non-hydrogen) atoms. The Labute approximate surface area is 105 Å². The minimum absolute atomic E-state index is 0.810. The predicted molar refractivity (Wildman–Crippen MR) is 74.7 cm³/mol. The fourth-order valence-electron chi connectivity index (χ4n) is 2.56. The zero-order valence-electron chi connectivity index (χ0n) is 11.1. The Morgan fingerprint density at radius 3 is 2.65 bits per heavy atom. The largest absolute Gasteiger partial charge is 0.371 e. The summed E-state index contributed by atoms with van der Waals surface area (Å²) in [4.78, 5) is 2.50. The smallest absolute Gasteiger partial charge is 0.0366 e. The van der Waals surface area contributed by atoms with E-state index < -0.39 is 0 Å². The molecule has 0 spiro atoms. The molecule has 1 aromatic carbocycles. The first kappa shape index (κ1) is 12.4. The second-order valence-electron chi connectivity index (χ2n) is 5.09. The van der Waals surface area contributed by atoms with Crippen LogP contribution in [0.3, 0.4) is 0 Å². The molecule has 1 atom stereocenters. The van der Waals surface area contributed by atoms with E-state index in [-0.39, 0.29) is 0 Å². The van der Waals surface area contributed by atoms with Gasteiger partial charge >= 0.3 is 0 Å². The normalized spacial score (nSPS) is 20.2. The molecule has 1 aromatic rings. The van der Waals surface area contributed by atoms with Crippen molar-refractivity contribution < 1.29 is 0 Å². The summed E-state index contributed by atoms with van der Waals surface area (Å²) in [6.45, 7) is 9.06. The van der Waals surface area contributed by atoms with E-state index in [2.05, 4.69) is 48.3 Å². The zero-order valence-corrected chi connectivity index (χ0v) is 11.1. The lowest BCUT2D eigenvalue weighted by Crippen LogP contribution is -2.38. The number of rotatable bonds is 4. The molecular weight excluding hydrogens is 208 g/mol. The van der Waals surface area contributed by atoms with Crippen LogP contribution in [0, 0.1) is 12.8 Å². The van der Waals surface area contributed by atoms with Gasteiger partial charge in [0.25, 0.3) is 0 Å². The fraction of sp³-hybridized carbons (Fsp3) is 0.600. The average Bonchev–Trinajstić information content (AvgIpc) is 2.38. The van der Waals surface area contributed by atoms with Gasteiger partial charge in [0, 0.05) is 18.8 Å². The fourth-order valence-corrected chi connectivity index (χ4v) is 2.56. The highest BCUT2D eigenvalue weighted by atomic mass is 15.1. The van der Waals surface area contributed by atoms with E-state index in [9.17, 15) is 0 Å². The zero-order chi connectivity index (χ0) is 12.1. The first-order chi connectivity index (χ1) is 8.29. The van der Waals surface area contributed by atoms with Gasteiger partial charge in [-0.05, 0) is 57.8 Å². The first-order valence-electron chi connectivity index (χ1n) is 6.82. The van der Waals surface area contributed by atoms with E-state index in [1.807, 2.05) is 0 Å². The molecule has 1 heterocycles. The van der Waals surface area contributed by atoms with E-state index in [0.717, 1.165) is 12.5 Å². The van der Waals surface area contributed by atoms with Gasteiger partial charge in [0.15, 0.2) is 0 Å². The van der Waals surface area contributed by atoms with Crippen molar-refractivity contribution in [3.63, 3.8) is 0 Å². The average molecular weight is 232 g/mol. The third-order valence-corrected chi connectivity index (χ3v) is 3.66. The Morgan fingerprint density at radius 1 is 1.29 bits per heavy atom. The van der Waals surface area contributed by atoms with Gasteiger partial charge in [0.2, 0.25) is 0 Å². The van der Waals surface area contributed by atoms with Crippen LogP contribution in [0.25, 0.3) is 0 Å². The highest BCUT2D eigenvalue weighted by Crippen LogP contribution is 2.19. The summed E-state index contributed by atoms with van der Waals surface area (Å²) < 4.78 is 0. The maximum absolute atomic E-state index is 3.50. The van der Waals surface area contributed by atoms with Gasteiger partial charge < -0.3 is 10.2 Å². The SMILES string of the molecule is CCN(CC1CCCNC1)c1ccc(C)cc1. The summed E-state index contributed by atoms with van der Waals surface area (Å²) in [5.74, 6) is 0.810. The second-order valence-corrected chi connectivity index (χ2v) is 5.09. The minimum Gasteiger partial charge on any atom is -0.371 e. The van der Waals surface area contributed by atoms with Gasteiger partial charge in [-0.15, -0.1) is 0 Å². The van der Waals surface area contributed by atoms with Crippen LogP contribution in [-0.4, -0.2) is 26.2 Å². The molecule has 1 unspecified atom stereocenters. The summed E-state index contributed by atoms with van der Waals surface area (Å²) in [5, 5.41) is 3.50. The lowest BCUT2D eigenvalue weighted by molar-refractivity contribution is 0.378. The van der Waals surface area contributed by atoms with Crippen LogP contribution < -0.4 is 10.2 Å². The Bertz CT molecular complexity index is 325. The summed E-state index contributed by atoms with van der Waals surface area (Å²) in [6.07, 6.45) is 2.70. The van der Waals surface area contributed by atoms with Crippen molar-refractivity contribution in [2.45, 2.75) is 26.7 Å². The second kappa shape index (κ2) is 6.06. The number of hydrogen-bond donors (Lipinski definition) is 1. The number of nitrogens with one attached hydrogen (secondary N) is 1. The molecule has 94 valence electrons.